The molecule has 0 radical (unpaired) electrons. The quantitative estimate of drug-likeness (QED) is 0.911. The fraction of sp³-hybridized carbons (Fsp3) is 0.684. The SMILES string of the molecule is C[C@H]1[C@H]2Cc3ccc(O)cc3C1(C)CCN2C[C@@H]1CCCO1. The van der Waals surface area contributed by atoms with Gasteiger partial charge in [0.15, 0.2) is 0 Å². The van der Waals surface area contributed by atoms with E-state index < -0.39 is 0 Å². The average Bonchev–Trinajstić information content (AvgIpc) is 3.00. The summed E-state index contributed by atoms with van der Waals surface area (Å²) in [7, 11) is 0. The van der Waals surface area contributed by atoms with Crippen molar-refractivity contribution in [2.24, 2.45) is 5.92 Å². The molecule has 2 aliphatic heterocycles. The predicted octanol–water partition coefficient (Wildman–Crippen LogP) is 3.10. The summed E-state index contributed by atoms with van der Waals surface area (Å²) in [5, 5.41) is 9.90. The number of phenolic OH excluding ortho intramolecular Hbond substituents is 1. The number of piperidine rings is 1. The van der Waals surface area contributed by atoms with Crippen molar-refractivity contribution in [3.63, 3.8) is 0 Å². The van der Waals surface area contributed by atoms with Gasteiger partial charge < -0.3 is 9.84 Å². The highest BCUT2D eigenvalue weighted by atomic mass is 16.5. The number of nitrogens with zero attached hydrogens (tertiary/aromatic N) is 1. The maximum atomic E-state index is 9.90. The van der Waals surface area contributed by atoms with Crippen molar-refractivity contribution in [2.45, 2.75) is 57.1 Å². The van der Waals surface area contributed by atoms with Crippen LogP contribution in [0.5, 0.6) is 5.75 Å². The van der Waals surface area contributed by atoms with Gasteiger partial charge in [-0.2, -0.15) is 0 Å². The van der Waals surface area contributed by atoms with Crippen LogP contribution in [0.3, 0.4) is 0 Å². The topological polar surface area (TPSA) is 32.7 Å². The van der Waals surface area contributed by atoms with Gasteiger partial charge in [-0.05, 0) is 66.8 Å². The van der Waals surface area contributed by atoms with Gasteiger partial charge in [-0.25, -0.2) is 0 Å². The Kier molecular flexibility index (Phi) is 3.46. The fourth-order valence-corrected chi connectivity index (χ4v) is 4.97. The second kappa shape index (κ2) is 5.24. The highest BCUT2D eigenvalue weighted by Gasteiger charge is 2.48. The lowest BCUT2D eigenvalue weighted by atomic mass is 9.59. The van der Waals surface area contributed by atoms with Crippen LogP contribution in [0.25, 0.3) is 0 Å². The highest BCUT2D eigenvalue weighted by Crippen LogP contribution is 2.49. The first-order valence-corrected chi connectivity index (χ1v) is 8.76. The molecule has 2 fully saturated rings. The van der Waals surface area contributed by atoms with Crippen LogP contribution in [-0.2, 0) is 16.6 Å². The van der Waals surface area contributed by atoms with Gasteiger partial charge in [0.1, 0.15) is 5.75 Å². The van der Waals surface area contributed by atoms with Crippen LogP contribution in [0.15, 0.2) is 18.2 Å². The van der Waals surface area contributed by atoms with Gasteiger partial charge >= 0.3 is 0 Å². The van der Waals surface area contributed by atoms with Gasteiger partial charge in [-0.3, -0.25) is 4.90 Å². The van der Waals surface area contributed by atoms with Crippen molar-refractivity contribution in [1.82, 2.24) is 4.90 Å². The van der Waals surface area contributed by atoms with Crippen molar-refractivity contribution in [3.8, 4) is 5.75 Å². The number of fused-ring (bicyclic) bond motifs is 4. The number of ether oxygens (including phenoxy) is 1. The first-order valence-electron chi connectivity index (χ1n) is 8.76. The fourth-order valence-electron chi connectivity index (χ4n) is 4.97. The van der Waals surface area contributed by atoms with E-state index in [0.717, 1.165) is 26.1 Å². The maximum absolute atomic E-state index is 9.90. The van der Waals surface area contributed by atoms with E-state index in [1.807, 2.05) is 12.1 Å². The smallest absolute Gasteiger partial charge is 0.115 e. The third-order valence-electron chi connectivity index (χ3n) is 6.57. The molecule has 1 aliphatic carbocycles. The summed E-state index contributed by atoms with van der Waals surface area (Å²) in [6.45, 7) is 7.99. The maximum Gasteiger partial charge on any atom is 0.115 e. The molecule has 22 heavy (non-hydrogen) atoms. The van der Waals surface area contributed by atoms with Crippen molar-refractivity contribution in [2.75, 3.05) is 19.7 Å². The van der Waals surface area contributed by atoms with Gasteiger partial charge in [-0.15, -0.1) is 0 Å². The lowest BCUT2D eigenvalue weighted by Crippen LogP contribution is -2.59. The molecule has 0 amide bonds. The van der Waals surface area contributed by atoms with Crippen molar-refractivity contribution < 1.29 is 9.84 Å². The zero-order valence-electron chi connectivity index (χ0n) is 13.7. The molecule has 0 spiro atoms. The van der Waals surface area contributed by atoms with E-state index in [1.54, 1.807) is 0 Å². The Labute approximate surface area is 133 Å². The summed E-state index contributed by atoms with van der Waals surface area (Å²) in [4.78, 5) is 2.68. The first kappa shape index (κ1) is 14.5. The van der Waals surface area contributed by atoms with Crippen LogP contribution in [0.1, 0.15) is 44.2 Å². The summed E-state index contributed by atoms with van der Waals surface area (Å²) in [5.74, 6) is 1.03. The Bertz CT molecular complexity index is 567. The molecular weight excluding hydrogens is 274 g/mol. The third kappa shape index (κ3) is 2.17. The van der Waals surface area contributed by atoms with Gasteiger partial charge in [-0.1, -0.05) is 19.9 Å². The standard InChI is InChI=1S/C19H27NO2/c1-13-18-10-14-5-6-15(21)11-17(14)19(13,2)7-8-20(18)12-16-4-3-9-22-16/h5-6,11,13,16,18,21H,3-4,7-10,12H2,1-2H3/t13-,16-,18+,19?/m0/s1. The molecule has 3 heteroatoms. The van der Waals surface area contributed by atoms with Crippen molar-refractivity contribution in [3.05, 3.63) is 29.3 Å². The Balaban J connectivity index is 1.63. The molecule has 1 aromatic carbocycles. The molecular formula is C19H27NO2. The molecule has 1 N–H and O–H groups in total. The molecule has 4 atom stereocenters. The molecule has 2 saturated heterocycles. The lowest BCUT2D eigenvalue weighted by Gasteiger charge is -2.55. The number of likely N-dealkylation sites (tertiary alicyclic amines) is 1. The Morgan fingerprint density at radius 1 is 1.41 bits per heavy atom. The van der Waals surface area contributed by atoms with Gasteiger partial charge in [0.25, 0.3) is 0 Å². The molecule has 4 rings (SSSR count). The summed E-state index contributed by atoms with van der Waals surface area (Å²) in [6, 6.07) is 6.60. The van der Waals surface area contributed by atoms with Crippen LogP contribution in [0, 0.1) is 5.92 Å². The molecule has 120 valence electrons. The van der Waals surface area contributed by atoms with Gasteiger partial charge in [0.05, 0.1) is 6.10 Å². The minimum atomic E-state index is 0.198. The van der Waals surface area contributed by atoms with Crippen LogP contribution in [0.2, 0.25) is 0 Å². The first-order chi connectivity index (χ1) is 10.6. The van der Waals surface area contributed by atoms with Gasteiger partial charge in [0, 0.05) is 19.2 Å². The minimum absolute atomic E-state index is 0.198. The summed E-state index contributed by atoms with van der Waals surface area (Å²) < 4.78 is 5.86. The predicted molar refractivity (Wildman–Crippen MR) is 87.3 cm³/mol. The van der Waals surface area contributed by atoms with Crippen LogP contribution in [-0.4, -0.2) is 41.8 Å². The molecule has 0 saturated carbocycles. The van der Waals surface area contributed by atoms with E-state index in [-0.39, 0.29) is 5.41 Å². The molecule has 1 unspecified atom stereocenters. The highest BCUT2D eigenvalue weighted by molar-refractivity contribution is 5.44. The molecule has 2 heterocycles. The number of rotatable bonds is 2. The van der Waals surface area contributed by atoms with Crippen molar-refractivity contribution >= 4 is 0 Å². The number of benzene rings is 1. The molecule has 0 aromatic heterocycles. The molecule has 1 aromatic rings. The van der Waals surface area contributed by atoms with E-state index >= 15 is 0 Å². The summed E-state index contributed by atoms with van der Waals surface area (Å²) >= 11 is 0. The largest absolute Gasteiger partial charge is 0.508 e. The number of phenols is 1. The normalized spacial score (nSPS) is 38.0. The number of hydrogen-bond acceptors (Lipinski definition) is 3. The molecule has 2 bridgehead atoms. The lowest BCUT2D eigenvalue weighted by molar-refractivity contribution is -0.00671. The van der Waals surface area contributed by atoms with E-state index in [0.29, 0.717) is 23.8 Å². The Hall–Kier alpha value is -1.06. The van der Waals surface area contributed by atoms with Crippen LogP contribution in [0.4, 0.5) is 0 Å². The monoisotopic (exact) mass is 301 g/mol. The zero-order chi connectivity index (χ0) is 15.3. The summed E-state index contributed by atoms with van der Waals surface area (Å²) in [6.07, 6.45) is 5.17. The van der Waals surface area contributed by atoms with Gasteiger partial charge in [0.2, 0.25) is 0 Å². The second-order valence-corrected chi connectivity index (χ2v) is 7.70. The number of aromatic hydroxyl groups is 1. The van der Waals surface area contributed by atoms with E-state index in [4.69, 9.17) is 4.74 Å². The number of hydrogen-bond donors (Lipinski definition) is 1. The average molecular weight is 301 g/mol. The molecule has 3 nitrogen and oxygen atoms in total. The molecule has 3 aliphatic rings. The van der Waals surface area contributed by atoms with Crippen molar-refractivity contribution in [1.29, 1.82) is 0 Å². The second-order valence-electron chi connectivity index (χ2n) is 7.70. The zero-order valence-corrected chi connectivity index (χ0v) is 13.7. The Morgan fingerprint density at radius 3 is 3.05 bits per heavy atom. The van der Waals surface area contributed by atoms with Crippen LogP contribution >= 0.6 is 0 Å². The van der Waals surface area contributed by atoms with Crippen LogP contribution < -0.4 is 0 Å². The Morgan fingerprint density at radius 2 is 2.27 bits per heavy atom. The van der Waals surface area contributed by atoms with E-state index in [9.17, 15) is 5.11 Å². The van der Waals surface area contributed by atoms with E-state index in [1.165, 1.54) is 30.4 Å². The third-order valence-corrected chi connectivity index (χ3v) is 6.57. The minimum Gasteiger partial charge on any atom is -0.508 e. The van der Waals surface area contributed by atoms with E-state index in [2.05, 4.69) is 24.8 Å². The summed E-state index contributed by atoms with van der Waals surface area (Å²) in [5.41, 5.74) is 3.01.